The molecule has 0 saturated carbocycles. The van der Waals surface area contributed by atoms with Crippen LogP contribution in [0, 0.1) is 0 Å². The fourth-order valence-corrected chi connectivity index (χ4v) is 6.03. The quantitative estimate of drug-likeness (QED) is 0.554. The van der Waals surface area contributed by atoms with Gasteiger partial charge in [0.15, 0.2) is 11.5 Å². The van der Waals surface area contributed by atoms with Crippen molar-refractivity contribution in [3.63, 3.8) is 0 Å². The fourth-order valence-electron chi connectivity index (χ4n) is 4.36. The number of benzene rings is 2. The van der Waals surface area contributed by atoms with Crippen molar-refractivity contribution in [3.05, 3.63) is 72.1 Å². The molecule has 5 rings (SSSR count). The molecule has 1 fully saturated rings. The maximum absolute atomic E-state index is 13.4. The van der Waals surface area contributed by atoms with Crippen LogP contribution in [0.3, 0.4) is 0 Å². The van der Waals surface area contributed by atoms with Gasteiger partial charge in [0.25, 0.3) is 0 Å². The van der Waals surface area contributed by atoms with Crippen molar-refractivity contribution in [2.45, 2.75) is 36.9 Å². The SMILES string of the molecule is O=C(NCc1ccccc1Cn1cccn1)C1CCCN1S(=O)(=O)c1ccc2c(c1)OCCO2. The second kappa shape index (κ2) is 9.47. The van der Waals surface area contributed by atoms with Crippen molar-refractivity contribution in [1.82, 2.24) is 19.4 Å². The average Bonchev–Trinajstić information content (AvgIpc) is 3.56. The Morgan fingerprint density at radius 1 is 1.06 bits per heavy atom. The van der Waals surface area contributed by atoms with E-state index < -0.39 is 16.1 Å². The minimum atomic E-state index is -3.87. The summed E-state index contributed by atoms with van der Waals surface area (Å²) < 4.78 is 40.9. The topological polar surface area (TPSA) is 103 Å². The van der Waals surface area contributed by atoms with Crippen LogP contribution in [-0.4, -0.2) is 54.2 Å². The molecule has 34 heavy (non-hydrogen) atoms. The molecule has 9 nitrogen and oxygen atoms in total. The van der Waals surface area contributed by atoms with Crippen LogP contribution in [0.15, 0.2) is 65.8 Å². The number of amides is 1. The van der Waals surface area contributed by atoms with Gasteiger partial charge in [-0.15, -0.1) is 0 Å². The lowest BCUT2D eigenvalue weighted by Crippen LogP contribution is -2.45. The smallest absolute Gasteiger partial charge is 0.243 e. The van der Waals surface area contributed by atoms with E-state index in [0.29, 0.717) is 57.2 Å². The number of ether oxygens (including phenoxy) is 2. The van der Waals surface area contributed by atoms with Gasteiger partial charge in [0, 0.05) is 31.5 Å². The van der Waals surface area contributed by atoms with Gasteiger partial charge in [-0.3, -0.25) is 9.48 Å². The molecule has 1 amide bonds. The Bertz CT molecular complexity index is 1280. The summed E-state index contributed by atoms with van der Waals surface area (Å²) in [6, 6.07) is 13.5. The maximum Gasteiger partial charge on any atom is 0.243 e. The second-order valence-corrected chi connectivity index (χ2v) is 10.2. The zero-order chi connectivity index (χ0) is 23.5. The van der Waals surface area contributed by atoms with E-state index in [1.165, 1.54) is 16.4 Å². The molecule has 0 spiro atoms. The minimum absolute atomic E-state index is 0.0982. The molecule has 2 aromatic carbocycles. The predicted molar refractivity (Wildman–Crippen MR) is 124 cm³/mol. The first-order chi connectivity index (χ1) is 16.5. The van der Waals surface area contributed by atoms with E-state index in [1.807, 2.05) is 41.2 Å². The first kappa shape index (κ1) is 22.4. The third-order valence-corrected chi connectivity index (χ3v) is 7.99. The highest BCUT2D eigenvalue weighted by atomic mass is 32.2. The summed E-state index contributed by atoms with van der Waals surface area (Å²) in [6.07, 6.45) is 4.71. The van der Waals surface area contributed by atoms with Gasteiger partial charge < -0.3 is 14.8 Å². The van der Waals surface area contributed by atoms with Gasteiger partial charge >= 0.3 is 0 Å². The highest BCUT2D eigenvalue weighted by Gasteiger charge is 2.39. The van der Waals surface area contributed by atoms with Gasteiger partial charge in [-0.25, -0.2) is 8.42 Å². The van der Waals surface area contributed by atoms with E-state index in [-0.39, 0.29) is 10.8 Å². The summed E-state index contributed by atoms with van der Waals surface area (Å²) in [4.78, 5) is 13.2. The monoisotopic (exact) mass is 482 g/mol. The third kappa shape index (κ3) is 4.51. The van der Waals surface area contributed by atoms with E-state index in [4.69, 9.17) is 9.47 Å². The van der Waals surface area contributed by atoms with Gasteiger partial charge in [0.05, 0.1) is 11.4 Å². The van der Waals surface area contributed by atoms with E-state index in [2.05, 4.69) is 10.4 Å². The molecule has 3 heterocycles. The van der Waals surface area contributed by atoms with Crippen molar-refractivity contribution < 1.29 is 22.7 Å². The summed E-state index contributed by atoms with van der Waals surface area (Å²) in [6.45, 7) is 1.99. The summed E-state index contributed by atoms with van der Waals surface area (Å²) >= 11 is 0. The number of hydrogen-bond donors (Lipinski definition) is 1. The molecule has 1 saturated heterocycles. The molecule has 2 aliphatic rings. The molecule has 3 aromatic rings. The van der Waals surface area contributed by atoms with Gasteiger partial charge in [0.1, 0.15) is 19.3 Å². The number of aromatic nitrogens is 2. The number of fused-ring (bicyclic) bond motifs is 1. The highest BCUT2D eigenvalue weighted by Crippen LogP contribution is 2.34. The lowest BCUT2D eigenvalue weighted by Gasteiger charge is -2.25. The van der Waals surface area contributed by atoms with Crippen LogP contribution in [-0.2, 0) is 27.9 Å². The Labute approximate surface area is 198 Å². The van der Waals surface area contributed by atoms with Gasteiger partial charge in [-0.05, 0) is 42.2 Å². The Morgan fingerprint density at radius 2 is 1.85 bits per heavy atom. The van der Waals surface area contributed by atoms with Crippen LogP contribution in [0.2, 0.25) is 0 Å². The molecule has 2 aliphatic heterocycles. The molecular formula is C24H26N4O5S. The number of nitrogens with one attached hydrogen (secondary N) is 1. The average molecular weight is 483 g/mol. The lowest BCUT2D eigenvalue weighted by atomic mass is 10.1. The van der Waals surface area contributed by atoms with Crippen LogP contribution in [0.5, 0.6) is 11.5 Å². The van der Waals surface area contributed by atoms with Crippen LogP contribution in [0.4, 0.5) is 0 Å². The van der Waals surface area contributed by atoms with Crippen molar-refractivity contribution in [3.8, 4) is 11.5 Å². The van der Waals surface area contributed by atoms with Crippen molar-refractivity contribution >= 4 is 15.9 Å². The molecule has 1 atom stereocenters. The second-order valence-electron chi connectivity index (χ2n) is 8.27. The minimum Gasteiger partial charge on any atom is -0.486 e. The zero-order valence-corrected chi connectivity index (χ0v) is 19.4. The summed E-state index contributed by atoms with van der Waals surface area (Å²) in [5, 5.41) is 7.19. The summed E-state index contributed by atoms with van der Waals surface area (Å²) in [5.74, 6) is 0.628. The first-order valence-electron chi connectivity index (χ1n) is 11.3. The van der Waals surface area contributed by atoms with Gasteiger partial charge in [-0.2, -0.15) is 9.40 Å². The third-order valence-electron chi connectivity index (χ3n) is 6.09. The fraction of sp³-hybridized carbons (Fsp3) is 0.333. The number of carbonyl (C=O) groups is 1. The molecule has 1 aromatic heterocycles. The van der Waals surface area contributed by atoms with Crippen LogP contribution >= 0.6 is 0 Å². The number of rotatable bonds is 7. The number of nitrogens with zero attached hydrogens (tertiary/aromatic N) is 3. The number of carbonyl (C=O) groups excluding carboxylic acids is 1. The maximum atomic E-state index is 13.4. The molecule has 0 bridgehead atoms. The Kier molecular flexibility index (Phi) is 6.25. The zero-order valence-electron chi connectivity index (χ0n) is 18.6. The van der Waals surface area contributed by atoms with Crippen LogP contribution in [0.1, 0.15) is 24.0 Å². The first-order valence-corrected chi connectivity index (χ1v) is 12.7. The molecule has 178 valence electrons. The van der Waals surface area contributed by atoms with Crippen LogP contribution in [0.25, 0.3) is 0 Å². The molecule has 1 N–H and O–H groups in total. The van der Waals surface area contributed by atoms with E-state index >= 15 is 0 Å². The van der Waals surface area contributed by atoms with Crippen molar-refractivity contribution in [2.24, 2.45) is 0 Å². The number of hydrogen-bond acceptors (Lipinski definition) is 6. The molecule has 0 radical (unpaired) electrons. The van der Waals surface area contributed by atoms with E-state index in [1.54, 1.807) is 12.3 Å². The summed E-state index contributed by atoms with van der Waals surface area (Å²) in [5.41, 5.74) is 2.00. The largest absolute Gasteiger partial charge is 0.486 e. The summed E-state index contributed by atoms with van der Waals surface area (Å²) in [7, 11) is -3.87. The normalized spacial score (nSPS) is 18.1. The molecule has 1 unspecified atom stereocenters. The highest BCUT2D eigenvalue weighted by molar-refractivity contribution is 7.89. The number of sulfonamides is 1. The molecule has 10 heteroatoms. The van der Waals surface area contributed by atoms with Gasteiger partial charge in [-0.1, -0.05) is 24.3 Å². The Hall–Kier alpha value is -3.37. The van der Waals surface area contributed by atoms with Crippen molar-refractivity contribution in [2.75, 3.05) is 19.8 Å². The predicted octanol–water partition coefficient (Wildman–Crippen LogP) is 2.17. The Balaban J connectivity index is 1.29. The standard InChI is InChI=1S/C24H26N4O5S/c29-24(25-16-18-5-1-2-6-19(18)17-27-11-4-10-26-27)21-7-3-12-28(21)34(30,31)20-8-9-22-23(15-20)33-14-13-32-22/h1-2,4-6,8-11,15,21H,3,7,12-14,16-17H2,(H,25,29). The molecular weight excluding hydrogens is 456 g/mol. The molecule has 0 aliphatic carbocycles. The van der Waals surface area contributed by atoms with E-state index in [9.17, 15) is 13.2 Å². The Morgan fingerprint density at radius 3 is 2.65 bits per heavy atom. The van der Waals surface area contributed by atoms with Crippen molar-refractivity contribution in [1.29, 1.82) is 0 Å². The lowest BCUT2D eigenvalue weighted by molar-refractivity contribution is -0.124. The van der Waals surface area contributed by atoms with Crippen LogP contribution < -0.4 is 14.8 Å². The van der Waals surface area contributed by atoms with E-state index in [0.717, 1.165) is 11.1 Å². The van der Waals surface area contributed by atoms with Gasteiger partial charge in [0.2, 0.25) is 15.9 Å².